The highest BCUT2D eigenvalue weighted by atomic mass is 32.2. The van der Waals surface area contributed by atoms with Crippen molar-refractivity contribution >= 4 is 20.8 Å². The van der Waals surface area contributed by atoms with E-state index >= 15 is 0 Å². The molecule has 0 saturated carbocycles. The van der Waals surface area contributed by atoms with Gasteiger partial charge in [0.05, 0.1) is 11.5 Å². The summed E-state index contributed by atoms with van der Waals surface area (Å²) in [5.41, 5.74) is 0. The Bertz CT molecular complexity index is 801. The number of fused-ring (bicyclic) bond motifs is 1. The molecule has 0 bridgehead atoms. The van der Waals surface area contributed by atoms with E-state index in [0.29, 0.717) is 18.0 Å². The normalized spacial score (nSPS) is 19.8. The Labute approximate surface area is 138 Å². The van der Waals surface area contributed by atoms with Crippen LogP contribution in [0.4, 0.5) is 0 Å². The second-order valence-electron chi connectivity index (χ2n) is 6.06. The SMILES string of the molecule is CCOc1ccc2cc(S(=O)(=O)N3CCCC[C@H]3C)ccc2c1. The van der Waals surface area contributed by atoms with Gasteiger partial charge in [0.25, 0.3) is 0 Å². The summed E-state index contributed by atoms with van der Waals surface area (Å²) >= 11 is 0. The fraction of sp³-hybridized carbons (Fsp3) is 0.444. The largest absolute Gasteiger partial charge is 0.494 e. The Morgan fingerprint density at radius 2 is 1.87 bits per heavy atom. The molecule has 1 fully saturated rings. The van der Waals surface area contributed by atoms with Crippen molar-refractivity contribution in [3.05, 3.63) is 36.4 Å². The third kappa shape index (κ3) is 3.21. The van der Waals surface area contributed by atoms with Crippen molar-refractivity contribution in [3.8, 4) is 5.75 Å². The van der Waals surface area contributed by atoms with Crippen LogP contribution in [-0.4, -0.2) is 31.9 Å². The summed E-state index contributed by atoms with van der Waals surface area (Å²) in [7, 11) is -3.42. The van der Waals surface area contributed by atoms with Gasteiger partial charge in [0.2, 0.25) is 10.0 Å². The van der Waals surface area contributed by atoms with Gasteiger partial charge in [0.1, 0.15) is 5.75 Å². The smallest absolute Gasteiger partial charge is 0.243 e. The van der Waals surface area contributed by atoms with Crippen LogP contribution in [0.25, 0.3) is 10.8 Å². The van der Waals surface area contributed by atoms with Crippen molar-refractivity contribution in [3.63, 3.8) is 0 Å². The highest BCUT2D eigenvalue weighted by Gasteiger charge is 2.30. The van der Waals surface area contributed by atoms with Crippen LogP contribution in [-0.2, 0) is 10.0 Å². The summed E-state index contributed by atoms with van der Waals surface area (Å²) in [5, 5.41) is 1.90. The van der Waals surface area contributed by atoms with E-state index in [2.05, 4.69) is 0 Å². The van der Waals surface area contributed by atoms with E-state index in [4.69, 9.17) is 4.74 Å². The fourth-order valence-electron chi connectivity index (χ4n) is 3.18. The van der Waals surface area contributed by atoms with Gasteiger partial charge in [-0.15, -0.1) is 0 Å². The number of nitrogens with zero attached hydrogens (tertiary/aromatic N) is 1. The van der Waals surface area contributed by atoms with Crippen molar-refractivity contribution < 1.29 is 13.2 Å². The molecule has 1 aliphatic rings. The summed E-state index contributed by atoms with van der Waals surface area (Å²) in [6.45, 7) is 5.17. The minimum Gasteiger partial charge on any atom is -0.494 e. The first-order chi connectivity index (χ1) is 11.0. The molecule has 124 valence electrons. The van der Waals surface area contributed by atoms with E-state index in [-0.39, 0.29) is 6.04 Å². The number of hydrogen-bond donors (Lipinski definition) is 0. The average Bonchev–Trinajstić information content (AvgIpc) is 2.55. The zero-order chi connectivity index (χ0) is 16.4. The van der Waals surface area contributed by atoms with Crippen LogP contribution in [0.3, 0.4) is 0 Å². The van der Waals surface area contributed by atoms with Crippen molar-refractivity contribution in [1.29, 1.82) is 0 Å². The molecule has 0 amide bonds. The number of rotatable bonds is 4. The molecule has 0 aliphatic carbocycles. The van der Waals surface area contributed by atoms with Gasteiger partial charge in [-0.1, -0.05) is 18.6 Å². The van der Waals surface area contributed by atoms with Gasteiger partial charge < -0.3 is 4.74 Å². The first-order valence-corrected chi connectivity index (χ1v) is 9.65. The van der Waals surface area contributed by atoms with Gasteiger partial charge in [0, 0.05) is 12.6 Å². The lowest BCUT2D eigenvalue weighted by molar-refractivity contribution is 0.268. The summed E-state index contributed by atoms with van der Waals surface area (Å²) in [5.74, 6) is 0.806. The molecule has 0 radical (unpaired) electrons. The second kappa shape index (κ2) is 6.49. The Morgan fingerprint density at radius 1 is 1.13 bits per heavy atom. The predicted molar refractivity (Wildman–Crippen MR) is 92.3 cm³/mol. The monoisotopic (exact) mass is 333 g/mol. The van der Waals surface area contributed by atoms with Gasteiger partial charge in [0.15, 0.2) is 0 Å². The van der Waals surface area contributed by atoms with Crippen molar-refractivity contribution in [1.82, 2.24) is 4.31 Å². The number of piperidine rings is 1. The second-order valence-corrected chi connectivity index (χ2v) is 7.95. The van der Waals surface area contributed by atoms with Gasteiger partial charge in [-0.25, -0.2) is 8.42 Å². The van der Waals surface area contributed by atoms with Crippen LogP contribution in [0, 0.1) is 0 Å². The standard InChI is InChI=1S/C18H23NO3S/c1-3-22-17-9-7-16-13-18(10-8-15(16)12-17)23(20,21)19-11-5-4-6-14(19)2/h7-10,12-14H,3-6,11H2,1-2H3/t14-/m1/s1. The van der Waals surface area contributed by atoms with E-state index in [1.165, 1.54) is 0 Å². The van der Waals surface area contributed by atoms with Crippen LogP contribution in [0.15, 0.2) is 41.3 Å². The van der Waals surface area contributed by atoms with Crippen molar-refractivity contribution in [2.24, 2.45) is 0 Å². The van der Waals surface area contributed by atoms with Crippen LogP contribution < -0.4 is 4.74 Å². The molecule has 1 saturated heterocycles. The van der Waals surface area contributed by atoms with Crippen molar-refractivity contribution in [2.45, 2.75) is 44.0 Å². The average molecular weight is 333 g/mol. The van der Waals surface area contributed by atoms with Crippen LogP contribution in [0.1, 0.15) is 33.1 Å². The molecule has 0 aromatic heterocycles. The molecule has 3 rings (SSSR count). The molecule has 1 aliphatic heterocycles. The lowest BCUT2D eigenvalue weighted by Crippen LogP contribution is -2.41. The van der Waals surface area contributed by atoms with Crippen molar-refractivity contribution in [2.75, 3.05) is 13.2 Å². The molecule has 1 atom stereocenters. The molecule has 0 spiro atoms. The van der Waals surface area contributed by atoms with E-state index in [0.717, 1.165) is 35.8 Å². The van der Waals surface area contributed by atoms with Crippen LogP contribution >= 0.6 is 0 Å². The van der Waals surface area contributed by atoms with Gasteiger partial charge in [-0.05, 0) is 61.7 Å². The van der Waals surface area contributed by atoms with Crippen LogP contribution in [0.5, 0.6) is 5.75 Å². The zero-order valence-corrected chi connectivity index (χ0v) is 14.5. The van der Waals surface area contributed by atoms with E-state index in [9.17, 15) is 8.42 Å². The molecular formula is C18H23NO3S. The Hall–Kier alpha value is -1.59. The number of hydrogen-bond acceptors (Lipinski definition) is 3. The molecular weight excluding hydrogens is 310 g/mol. The first kappa shape index (κ1) is 16.3. The first-order valence-electron chi connectivity index (χ1n) is 8.21. The summed E-state index contributed by atoms with van der Waals surface area (Å²) in [6, 6.07) is 11.1. The number of benzene rings is 2. The summed E-state index contributed by atoms with van der Waals surface area (Å²) in [6.07, 6.45) is 2.98. The molecule has 2 aromatic rings. The van der Waals surface area contributed by atoms with Gasteiger partial charge >= 0.3 is 0 Å². The molecule has 0 N–H and O–H groups in total. The predicted octanol–water partition coefficient (Wildman–Crippen LogP) is 3.80. The minimum atomic E-state index is -3.42. The summed E-state index contributed by atoms with van der Waals surface area (Å²) < 4.78 is 33.0. The maximum atomic E-state index is 12.9. The molecule has 2 aromatic carbocycles. The quantitative estimate of drug-likeness (QED) is 0.855. The number of ether oxygens (including phenoxy) is 1. The zero-order valence-electron chi connectivity index (χ0n) is 13.7. The Balaban J connectivity index is 1.97. The topological polar surface area (TPSA) is 46.6 Å². The molecule has 1 heterocycles. The van der Waals surface area contributed by atoms with Gasteiger partial charge in [-0.2, -0.15) is 4.31 Å². The third-order valence-electron chi connectivity index (χ3n) is 4.44. The Morgan fingerprint density at radius 3 is 2.61 bits per heavy atom. The highest BCUT2D eigenvalue weighted by molar-refractivity contribution is 7.89. The lowest BCUT2D eigenvalue weighted by atomic mass is 10.1. The highest BCUT2D eigenvalue weighted by Crippen LogP contribution is 2.28. The Kier molecular flexibility index (Phi) is 4.60. The molecule has 4 nitrogen and oxygen atoms in total. The molecule has 5 heteroatoms. The molecule has 23 heavy (non-hydrogen) atoms. The van der Waals surface area contributed by atoms with E-state index in [1.807, 2.05) is 38.1 Å². The van der Waals surface area contributed by atoms with Gasteiger partial charge in [-0.3, -0.25) is 0 Å². The molecule has 0 unspecified atom stereocenters. The van der Waals surface area contributed by atoms with E-state index in [1.54, 1.807) is 16.4 Å². The van der Waals surface area contributed by atoms with Crippen LogP contribution in [0.2, 0.25) is 0 Å². The van der Waals surface area contributed by atoms with E-state index < -0.39 is 10.0 Å². The summed E-state index contributed by atoms with van der Waals surface area (Å²) in [4.78, 5) is 0.378. The number of sulfonamides is 1. The third-order valence-corrected chi connectivity index (χ3v) is 6.45. The minimum absolute atomic E-state index is 0.0739. The maximum absolute atomic E-state index is 12.9. The maximum Gasteiger partial charge on any atom is 0.243 e. The fourth-order valence-corrected chi connectivity index (χ4v) is 4.92. The lowest BCUT2D eigenvalue weighted by Gasteiger charge is -2.32.